The summed E-state index contributed by atoms with van der Waals surface area (Å²) in [7, 11) is 0. The summed E-state index contributed by atoms with van der Waals surface area (Å²) in [4.78, 5) is 11.6. The van der Waals surface area contributed by atoms with Crippen LogP contribution in [0.3, 0.4) is 0 Å². The van der Waals surface area contributed by atoms with E-state index in [2.05, 4.69) is 15.5 Å². The standard InChI is InChI=1S/C9H6ClN3OS/c10-8-2-1-7(12-13-8)9(14)11-6-3-4-15-5-6/h1-5H,(H,11,14). The highest BCUT2D eigenvalue weighted by molar-refractivity contribution is 7.08. The van der Waals surface area contributed by atoms with Crippen LogP contribution in [0.25, 0.3) is 0 Å². The maximum atomic E-state index is 11.6. The summed E-state index contributed by atoms with van der Waals surface area (Å²) in [5, 5.41) is 13.9. The van der Waals surface area contributed by atoms with E-state index in [9.17, 15) is 4.79 Å². The second-order valence-electron chi connectivity index (χ2n) is 2.71. The number of nitrogens with one attached hydrogen (secondary N) is 1. The van der Waals surface area contributed by atoms with Gasteiger partial charge in [-0.25, -0.2) is 0 Å². The zero-order valence-corrected chi connectivity index (χ0v) is 9.05. The van der Waals surface area contributed by atoms with Gasteiger partial charge < -0.3 is 5.32 Å². The third-order valence-electron chi connectivity index (χ3n) is 1.64. The van der Waals surface area contributed by atoms with Gasteiger partial charge in [0.25, 0.3) is 5.91 Å². The summed E-state index contributed by atoms with van der Waals surface area (Å²) in [5.74, 6) is -0.294. The first-order valence-electron chi connectivity index (χ1n) is 4.08. The zero-order valence-electron chi connectivity index (χ0n) is 7.48. The lowest BCUT2D eigenvalue weighted by molar-refractivity contribution is 0.102. The monoisotopic (exact) mass is 239 g/mol. The van der Waals surface area contributed by atoms with Crippen LogP contribution in [0, 0.1) is 0 Å². The van der Waals surface area contributed by atoms with Gasteiger partial charge in [0, 0.05) is 5.38 Å². The van der Waals surface area contributed by atoms with E-state index in [-0.39, 0.29) is 16.8 Å². The molecule has 15 heavy (non-hydrogen) atoms. The van der Waals surface area contributed by atoms with Gasteiger partial charge in [-0.15, -0.1) is 10.2 Å². The molecule has 0 bridgehead atoms. The molecule has 0 spiro atoms. The van der Waals surface area contributed by atoms with Crippen molar-refractivity contribution in [3.63, 3.8) is 0 Å². The molecule has 2 aromatic heterocycles. The average Bonchev–Trinajstić information content (AvgIpc) is 2.71. The summed E-state index contributed by atoms with van der Waals surface area (Å²) < 4.78 is 0. The first-order chi connectivity index (χ1) is 7.25. The minimum atomic E-state index is -0.294. The van der Waals surface area contributed by atoms with Gasteiger partial charge in [0.1, 0.15) is 0 Å². The molecule has 0 saturated carbocycles. The minimum absolute atomic E-state index is 0.241. The fourth-order valence-electron chi connectivity index (χ4n) is 0.968. The number of amides is 1. The number of thiophene rings is 1. The number of halogens is 1. The van der Waals surface area contributed by atoms with Crippen LogP contribution in [0.2, 0.25) is 5.15 Å². The fourth-order valence-corrected chi connectivity index (χ4v) is 1.66. The highest BCUT2D eigenvalue weighted by atomic mass is 35.5. The van der Waals surface area contributed by atoms with E-state index in [0.717, 1.165) is 5.69 Å². The molecule has 0 atom stereocenters. The van der Waals surface area contributed by atoms with Crippen molar-refractivity contribution >= 4 is 34.5 Å². The van der Waals surface area contributed by atoms with Crippen LogP contribution in [0.1, 0.15) is 10.5 Å². The Labute approximate surface area is 94.9 Å². The molecule has 1 N–H and O–H groups in total. The minimum Gasteiger partial charge on any atom is -0.320 e. The summed E-state index contributed by atoms with van der Waals surface area (Å²) in [6.45, 7) is 0. The zero-order chi connectivity index (χ0) is 10.7. The highest BCUT2D eigenvalue weighted by Gasteiger charge is 2.07. The molecule has 0 saturated heterocycles. The lowest BCUT2D eigenvalue weighted by Crippen LogP contribution is -2.13. The molecular weight excluding hydrogens is 234 g/mol. The first kappa shape index (κ1) is 10.1. The Hall–Kier alpha value is -1.46. The topological polar surface area (TPSA) is 54.9 Å². The largest absolute Gasteiger partial charge is 0.320 e. The Morgan fingerprint density at radius 2 is 2.20 bits per heavy atom. The number of carbonyl (C=O) groups is 1. The third-order valence-corrected chi connectivity index (χ3v) is 2.53. The van der Waals surface area contributed by atoms with Crippen LogP contribution in [-0.4, -0.2) is 16.1 Å². The maximum Gasteiger partial charge on any atom is 0.276 e. The molecule has 76 valence electrons. The van der Waals surface area contributed by atoms with E-state index in [1.54, 1.807) is 0 Å². The number of hydrogen-bond acceptors (Lipinski definition) is 4. The Balaban J connectivity index is 2.11. The van der Waals surface area contributed by atoms with Crippen molar-refractivity contribution in [3.8, 4) is 0 Å². The van der Waals surface area contributed by atoms with Crippen LogP contribution < -0.4 is 5.32 Å². The molecule has 2 aromatic rings. The predicted octanol–water partition coefficient (Wildman–Crippen LogP) is 2.44. The Morgan fingerprint density at radius 1 is 1.33 bits per heavy atom. The van der Waals surface area contributed by atoms with Crippen molar-refractivity contribution in [1.82, 2.24) is 10.2 Å². The predicted molar refractivity (Wildman–Crippen MR) is 59.3 cm³/mol. The molecular formula is C9H6ClN3OS. The smallest absolute Gasteiger partial charge is 0.276 e. The summed E-state index contributed by atoms with van der Waals surface area (Å²) >= 11 is 7.06. The van der Waals surface area contributed by atoms with Crippen LogP contribution >= 0.6 is 22.9 Å². The molecule has 0 aliphatic heterocycles. The van der Waals surface area contributed by atoms with Crippen LogP contribution in [-0.2, 0) is 0 Å². The van der Waals surface area contributed by atoms with Gasteiger partial charge in [-0.2, -0.15) is 11.3 Å². The van der Waals surface area contributed by atoms with Crippen molar-refractivity contribution in [2.75, 3.05) is 5.32 Å². The summed E-state index contributed by atoms with van der Waals surface area (Å²) in [5.41, 5.74) is 0.993. The molecule has 0 aromatic carbocycles. The summed E-state index contributed by atoms with van der Waals surface area (Å²) in [6, 6.07) is 4.86. The van der Waals surface area contributed by atoms with Crippen molar-refractivity contribution in [1.29, 1.82) is 0 Å². The van der Waals surface area contributed by atoms with Crippen LogP contribution in [0.15, 0.2) is 29.0 Å². The lowest BCUT2D eigenvalue weighted by Gasteiger charge is -2.00. The highest BCUT2D eigenvalue weighted by Crippen LogP contribution is 2.12. The quantitative estimate of drug-likeness (QED) is 0.876. The number of hydrogen-bond donors (Lipinski definition) is 1. The van der Waals surface area contributed by atoms with Crippen molar-refractivity contribution in [3.05, 3.63) is 39.8 Å². The molecule has 0 unspecified atom stereocenters. The molecule has 1 amide bonds. The Bertz CT molecular complexity index is 455. The molecule has 0 aliphatic rings. The molecule has 0 aliphatic carbocycles. The number of anilines is 1. The maximum absolute atomic E-state index is 11.6. The van der Waals surface area contributed by atoms with Crippen LogP contribution in [0.5, 0.6) is 0 Å². The molecule has 2 rings (SSSR count). The van der Waals surface area contributed by atoms with Gasteiger partial charge in [-0.05, 0) is 23.6 Å². The van der Waals surface area contributed by atoms with Gasteiger partial charge in [-0.3, -0.25) is 4.79 Å². The van der Waals surface area contributed by atoms with E-state index in [4.69, 9.17) is 11.6 Å². The second-order valence-corrected chi connectivity index (χ2v) is 3.87. The average molecular weight is 240 g/mol. The van der Waals surface area contributed by atoms with E-state index < -0.39 is 0 Å². The number of nitrogens with zero attached hydrogens (tertiary/aromatic N) is 2. The molecule has 2 heterocycles. The number of aromatic nitrogens is 2. The van der Waals surface area contributed by atoms with Gasteiger partial charge in [0.15, 0.2) is 10.8 Å². The molecule has 0 fully saturated rings. The van der Waals surface area contributed by atoms with E-state index >= 15 is 0 Å². The molecule has 0 radical (unpaired) electrons. The fraction of sp³-hybridized carbons (Fsp3) is 0. The van der Waals surface area contributed by atoms with Gasteiger partial charge in [-0.1, -0.05) is 11.6 Å². The lowest BCUT2D eigenvalue weighted by atomic mass is 10.3. The van der Waals surface area contributed by atoms with E-state index in [1.165, 1.54) is 23.5 Å². The molecule has 6 heteroatoms. The third kappa shape index (κ3) is 2.51. The number of carbonyl (C=O) groups excluding carboxylic acids is 1. The van der Waals surface area contributed by atoms with Crippen LogP contribution in [0.4, 0.5) is 5.69 Å². The SMILES string of the molecule is O=C(Nc1ccsc1)c1ccc(Cl)nn1. The van der Waals surface area contributed by atoms with Gasteiger partial charge in [0.05, 0.1) is 5.69 Å². The van der Waals surface area contributed by atoms with Gasteiger partial charge >= 0.3 is 0 Å². The van der Waals surface area contributed by atoms with E-state index in [1.807, 2.05) is 16.8 Å². The van der Waals surface area contributed by atoms with Gasteiger partial charge in [0.2, 0.25) is 0 Å². The van der Waals surface area contributed by atoms with Crippen molar-refractivity contribution in [2.24, 2.45) is 0 Å². The normalized spacial score (nSPS) is 9.93. The number of rotatable bonds is 2. The second kappa shape index (κ2) is 4.37. The Kier molecular flexibility index (Phi) is 2.94. The van der Waals surface area contributed by atoms with Crippen molar-refractivity contribution < 1.29 is 4.79 Å². The van der Waals surface area contributed by atoms with Crippen molar-refractivity contribution in [2.45, 2.75) is 0 Å². The Morgan fingerprint density at radius 3 is 2.80 bits per heavy atom. The summed E-state index contributed by atoms with van der Waals surface area (Å²) in [6.07, 6.45) is 0. The molecule has 4 nitrogen and oxygen atoms in total. The first-order valence-corrected chi connectivity index (χ1v) is 5.40. The van der Waals surface area contributed by atoms with E-state index in [0.29, 0.717) is 0 Å².